The molecule has 0 aromatic rings. The number of carbonyl (C=O) groups is 2. The maximum absolute atomic E-state index is 12.2. The highest BCUT2D eigenvalue weighted by Gasteiger charge is 2.72. The van der Waals surface area contributed by atoms with Gasteiger partial charge < -0.3 is 18.9 Å². The van der Waals surface area contributed by atoms with E-state index < -0.39 is 41.4 Å². The first-order valence-electron chi connectivity index (χ1n) is 6.22. The topological polar surface area (TPSA) is 71.1 Å². The van der Waals surface area contributed by atoms with E-state index in [1.165, 1.54) is 28.4 Å². The lowest BCUT2D eigenvalue weighted by Gasteiger charge is -2.32. The molecule has 0 aliphatic heterocycles. The summed E-state index contributed by atoms with van der Waals surface area (Å²) < 4.78 is 22.4. The van der Waals surface area contributed by atoms with Gasteiger partial charge in [0.25, 0.3) is 0 Å². The van der Waals surface area contributed by atoms with E-state index in [-0.39, 0.29) is 0 Å². The summed E-state index contributed by atoms with van der Waals surface area (Å²) in [5, 5.41) is 0. The van der Waals surface area contributed by atoms with E-state index in [4.69, 9.17) is 18.9 Å². The fourth-order valence-electron chi connectivity index (χ4n) is 3.50. The van der Waals surface area contributed by atoms with Gasteiger partial charge in [-0.05, 0) is 0 Å². The summed E-state index contributed by atoms with van der Waals surface area (Å²) in [5.74, 6) is -4.53. The predicted octanol–water partition coefficient (Wildman–Crippen LogP) is 1.81. The van der Waals surface area contributed by atoms with Crippen molar-refractivity contribution in [3.8, 4) is 0 Å². The molecular formula is C13H16Br2O6. The van der Waals surface area contributed by atoms with Crippen LogP contribution >= 0.6 is 31.9 Å². The minimum atomic E-state index is -1.12. The molecule has 0 saturated heterocycles. The van der Waals surface area contributed by atoms with Crippen LogP contribution in [0.1, 0.15) is 0 Å². The van der Waals surface area contributed by atoms with Gasteiger partial charge in [0, 0.05) is 23.2 Å². The minimum Gasteiger partial charge on any atom is -0.469 e. The molecule has 2 aliphatic carbocycles. The number of hydrogen-bond acceptors (Lipinski definition) is 6. The highest BCUT2D eigenvalue weighted by Crippen LogP contribution is 2.65. The van der Waals surface area contributed by atoms with E-state index in [0.29, 0.717) is 0 Å². The van der Waals surface area contributed by atoms with Crippen LogP contribution in [0, 0.1) is 23.7 Å². The summed E-state index contributed by atoms with van der Waals surface area (Å²) in [6.45, 7) is 0. The second kappa shape index (κ2) is 5.98. The Balaban J connectivity index is 2.61. The van der Waals surface area contributed by atoms with E-state index in [9.17, 15) is 9.59 Å². The first-order chi connectivity index (χ1) is 9.91. The monoisotopic (exact) mass is 426 g/mol. The van der Waals surface area contributed by atoms with Crippen molar-refractivity contribution in [1.82, 2.24) is 0 Å². The Morgan fingerprint density at radius 2 is 1.19 bits per heavy atom. The minimum absolute atomic E-state index is 0.483. The van der Waals surface area contributed by atoms with E-state index in [2.05, 4.69) is 31.9 Å². The van der Waals surface area contributed by atoms with Crippen LogP contribution in [-0.2, 0) is 28.5 Å². The molecule has 0 amide bonds. The Bertz CT molecular complexity index is 459. The van der Waals surface area contributed by atoms with Crippen LogP contribution in [-0.4, -0.2) is 46.2 Å². The SMILES string of the molecule is COC(=O)[C@@H]1[C@H](C(=O)OC)[C@@H]2C(Br)=C(Br)[C@H]1C2(OC)OC. The van der Waals surface area contributed by atoms with Gasteiger partial charge in [-0.3, -0.25) is 9.59 Å². The van der Waals surface area contributed by atoms with Gasteiger partial charge in [-0.1, -0.05) is 31.9 Å². The first kappa shape index (κ1) is 16.9. The molecule has 8 heteroatoms. The third kappa shape index (κ3) is 2.10. The molecule has 0 heterocycles. The van der Waals surface area contributed by atoms with Crippen LogP contribution in [0.15, 0.2) is 8.96 Å². The molecule has 2 rings (SSSR count). The maximum Gasteiger partial charge on any atom is 0.310 e. The molecule has 4 atom stereocenters. The zero-order valence-electron chi connectivity index (χ0n) is 12.0. The number of halogens is 2. The largest absolute Gasteiger partial charge is 0.469 e. The Labute approximate surface area is 139 Å². The summed E-state index contributed by atoms with van der Waals surface area (Å²) >= 11 is 6.93. The number of carbonyl (C=O) groups excluding carboxylic acids is 2. The zero-order valence-corrected chi connectivity index (χ0v) is 15.2. The fraction of sp³-hybridized carbons (Fsp3) is 0.692. The first-order valence-corrected chi connectivity index (χ1v) is 7.80. The number of ether oxygens (including phenoxy) is 4. The van der Waals surface area contributed by atoms with Gasteiger partial charge in [0.2, 0.25) is 0 Å². The fourth-order valence-corrected chi connectivity index (χ4v) is 5.20. The Morgan fingerprint density at radius 1 is 0.857 bits per heavy atom. The van der Waals surface area contributed by atoms with Crippen LogP contribution in [0.2, 0.25) is 0 Å². The summed E-state index contributed by atoms with van der Waals surface area (Å²) in [7, 11) is 5.56. The van der Waals surface area contributed by atoms with Crippen LogP contribution in [0.5, 0.6) is 0 Å². The van der Waals surface area contributed by atoms with Gasteiger partial charge in [0.1, 0.15) is 0 Å². The number of methoxy groups -OCH3 is 4. The molecule has 0 spiro atoms. The van der Waals surface area contributed by atoms with E-state index >= 15 is 0 Å². The number of hydrogen-bond donors (Lipinski definition) is 0. The molecule has 2 bridgehead atoms. The summed E-state index contributed by atoms with van der Waals surface area (Å²) in [5.41, 5.74) is 0. The molecule has 2 aliphatic rings. The van der Waals surface area contributed by atoms with Crippen molar-refractivity contribution in [2.45, 2.75) is 5.79 Å². The second-order valence-electron chi connectivity index (χ2n) is 4.88. The quantitative estimate of drug-likeness (QED) is 0.503. The van der Waals surface area contributed by atoms with E-state index in [1.807, 2.05) is 0 Å². The van der Waals surface area contributed by atoms with Gasteiger partial charge in [-0.15, -0.1) is 0 Å². The number of esters is 2. The molecule has 118 valence electrons. The molecule has 0 unspecified atom stereocenters. The Kier molecular flexibility index (Phi) is 4.82. The van der Waals surface area contributed by atoms with E-state index in [1.54, 1.807) is 0 Å². The van der Waals surface area contributed by atoms with E-state index in [0.717, 1.165) is 8.96 Å². The Morgan fingerprint density at radius 3 is 1.43 bits per heavy atom. The normalized spacial score (nSPS) is 33.2. The average Bonchev–Trinajstić information content (AvgIpc) is 2.92. The third-order valence-electron chi connectivity index (χ3n) is 4.33. The van der Waals surface area contributed by atoms with Gasteiger partial charge in [-0.25, -0.2) is 0 Å². The highest BCUT2D eigenvalue weighted by atomic mass is 79.9. The van der Waals surface area contributed by atoms with Crippen molar-refractivity contribution in [1.29, 1.82) is 0 Å². The molecule has 6 nitrogen and oxygen atoms in total. The lowest BCUT2D eigenvalue weighted by molar-refractivity contribution is -0.235. The maximum atomic E-state index is 12.2. The third-order valence-corrected chi connectivity index (χ3v) is 6.70. The van der Waals surface area contributed by atoms with Crippen LogP contribution in [0.4, 0.5) is 0 Å². The number of rotatable bonds is 4. The van der Waals surface area contributed by atoms with Crippen molar-refractivity contribution in [3.05, 3.63) is 8.96 Å². The standard InChI is InChI=1S/C13H16Br2O6/c1-18-11(16)5-6(12(17)19-2)8-10(15)9(14)7(5)13(8,20-3)21-4/h5-8H,1-4H3/t5-,6+,7+,8-. The molecule has 0 aromatic heterocycles. The van der Waals surface area contributed by atoms with Crippen molar-refractivity contribution in [2.75, 3.05) is 28.4 Å². The second-order valence-corrected chi connectivity index (χ2v) is 6.59. The summed E-state index contributed by atoms with van der Waals surface area (Å²) in [4.78, 5) is 24.4. The van der Waals surface area contributed by atoms with Crippen LogP contribution < -0.4 is 0 Å². The zero-order chi connectivity index (χ0) is 15.9. The lowest BCUT2D eigenvalue weighted by atomic mass is 9.83. The van der Waals surface area contributed by atoms with Crippen molar-refractivity contribution in [2.24, 2.45) is 23.7 Å². The Hall–Kier alpha value is -0.440. The lowest BCUT2D eigenvalue weighted by Crippen LogP contribution is -2.42. The molecule has 0 radical (unpaired) electrons. The van der Waals surface area contributed by atoms with Gasteiger partial charge >= 0.3 is 11.9 Å². The average molecular weight is 428 g/mol. The molecule has 0 aromatic carbocycles. The van der Waals surface area contributed by atoms with Gasteiger partial charge in [0.05, 0.1) is 37.9 Å². The molecule has 1 saturated carbocycles. The van der Waals surface area contributed by atoms with Crippen LogP contribution in [0.3, 0.4) is 0 Å². The summed E-state index contributed by atoms with van der Waals surface area (Å²) in [6.07, 6.45) is 0. The molecular weight excluding hydrogens is 412 g/mol. The van der Waals surface area contributed by atoms with Crippen molar-refractivity contribution < 1.29 is 28.5 Å². The number of fused-ring (bicyclic) bond motifs is 2. The molecule has 21 heavy (non-hydrogen) atoms. The highest BCUT2D eigenvalue weighted by molar-refractivity contribution is 9.14. The molecule has 0 N–H and O–H groups in total. The predicted molar refractivity (Wildman–Crippen MR) is 79.6 cm³/mol. The van der Waals surface area contributed by atoms with Gasteiger partial charge in [-0.2, -0.15) is 0 Å². The van der Waals surface area contributed by atoms with Crippen molar-refractivity contribution >= 4 is 43.8 Å². The molecule has 1 fully saturated rings. The summed E-state index contributed by atoms with van der Waals surface area (Å²) in [6, 6.07) is 0. The smallest absolute Gasteiger partial charge is 0.310 e. The van der Waals surface area contributed by atoms with Crippen LogP contribution in [0.25, 0.3) is 0 Å². The van der Waals surface area contributed by atoms with Crippen molar-refractivity contribution in [3.63, 3.8) is 0 Å². The van der Waals surface area contributed by atoms with Gasteiger partial charge in [0.15, 0.2) is 5.79 Å².